The van der Waals surface area contributed by atoms with E-state index in [1.54, 1.807) is 36.4 Å². The minimum atomic E-state index is -4.53. The first kappa shape index (κ1) is 20.0. The van der Waals surface area contributed by atoms with Crippen molar-refractivity contribution in [2.45, 2.75) is 11.4 Å². The van der Waals surface area contributed by atoms with Gasteiger partial charge in [-0.25, -0.2) is 0 Å². The zero-order valence-corrected chi connectivity index (χ0v) is 16.1. The van der Waals surface area contributed by atoms with E-state index in [9.17, 15) is 18.0 Å². The van der Waals surface area contributed by atoms with Crippen LogP contribution in [0.5, 0.6) is 0 Å². The van der Waals surface area contributed by atoms with Crippen molar-refractivity contribution in [3.63, 3.8) is 0 Å². The van der Waals surface area contributed by atoms with Crippen molar-refractivity contribution in [1.82, 2.24) is 0 Å². The lowest BCUT2D eigenvalue weighted by Crippen LogP contribution is -2.30. The predicted molar refractivity (Wildman–Crippen MR) is 109 cm³/mol. The van der Waals surface area contributed by atoms with Gasteiger partial charge in [0.15, 0.2) is 5.17 Å². The van der Waals surface area contributed by atoms with Crippen molar-refractivity contribution in [3.05, 3.63) is 89.9 Å². The average Bonchev–Trinajstić information content (AvgIpc) is 3.36. The molecule has 1 atom stereocenters. The Kier molecular flexibility index (Phi) is 5.45. The van der Waals surface area contributed by atoms with Crippen LogP contribution in [0.25, 0.3) is 0 Å². The molecule has 1 aliphatic heterocycles. The first-order valence-electron chi connectivity index (χ1n) is 8.81. The third-order valence-electron chi connectivity index (χ3n) is 4.26. The molecule has 1 unspecified atom stereocenters. The molecule has 0 spiro atoms. The van der Waals surface area contributed by atoms with Gasteiger partial charge in [-0.1, -0.05) is 48.2 Å². The average molecular weight is 429 g/mol. The first-order valence-corrected chi connectivity index (χ1v) is 9.69. The molecule has 152 valence electrons. The van der Waals surface area contributed by atoms with E-state index in [1.807, 2.05) is 6.07 Å². The molecule has 0 saturated carbocycles. The van der Waals surface area contributed by atoms with Crippen molar-refractivity contribution in [2.24, 2.45) is 10.2 Å². The molecule has 1 saturated heterocycles. The van der Waals surface area contributed by atoms with Crippen LogP contribution in [0.3, 0.4) is 0 Å². The second-order valence-electron chi connectivity index (χ2n) is 6.27. The maximum atomic E-state index is 13.2. The fraction of sp³-hybridized carbons (Fsp3) is 0.0952. The normalized spacial score (nSPS) is 18.6. The summed E-state index contributed by atoms with van der Waals surface area (Å²) in [4.78, 5) is 14.3. The quantitative estimate of drug-likeness (QED) is 0.406. The highest BCUT2D eigenvalue weighted by atomic mass is 32.2. The maximum Gasteiger partial charge on any atom is 0.416 e. The molecule has 1 amide bonds. The van der Waals surface area contributed by atoms with Gasteiger partial charge in [-0.05, 0) is 35.9 Å². The van der Waals surface area contributed by atoms with Gasteiger partial charge in [0.1, 0.15) is 11.0 Å². The summed E-state index contributed by atoms with van der Waals surface area (Å²) in [6.45, 7) is 0. The van der Waals surface area contributed by atoms with E-state index in [4.69, 9.17) is 4.42 Å². The van der Waals surface area contributed by atoms with Gasteiger partial charge >= 0.3 is 6.18 Å². The number of furan rings is 1. The van der Waals surface area contributed by atoms with Gasteiger partial charge in [-0.2, -0.15) is 18.3 Å². The summed E-state index contributed by atoms with van der Waals surface area (Å²) < 4.78 is 44.7. The molecule has 3 aromatic rings. The number of halogens is 3. The molecule has 2 heterocycles. The minimum Gasteiger partial charge on any atom is -0.463 e. The Hall–Kier alpha value is -3.33. The SMILES string of the molecule is O=C1C(c2ccccc2)S/C(=N/N=C/c2ccco2)N1c1cccc(C(F)(F)F)c1. The highest BCUT2D eigenvalue weighted by molar-refractivity contribution is 8.15. The Morgan fingerprint density at radius 1 is 1.03 bits per heavy atom. The van der Waals surface area contributed by atoms with Gasteiger partial charge in [-0.3, -0.25) is 9.69 Å². The molecule has 1 fully saturated rings. The Labute approximate surface area is 173 Å². The van der Waals surface area contributed by atoms with E-state index < -0.39 is 22.9 Å². The monoisotopic (exact) mass is 429 g/mol. The molecular weight excluding hydrogens is 415 g/mol. The van der Waals surface area contributed by atoms with Crippen molar-refractivity contribution in [2.75, 3.05) is 4.90 Å². The summed E-state index contributed by atoms with van der Waals surface area (Å²) >= 11 is 1.13. The van der Waals surface area contributed by atoms with Crippen LogP contribution in [0.15, 0.2) is 87.6 Å². The zero-order chi connectivity index (χ0) is 21.1. The standard InChI is InChI=1S/C21H14F3N3O2S/c22-21(23,24)15-8-4-9-16(12-15)27-19(28)18(14-6-2-1-3-7-14)30-20(27)26-25-13-17-10-5-11-29-17/h1-13,18H/b25-13+,26-20+. The molecule has 9 heteroatoms. The fourth-order valence-electron chi connectivity index (χ4n) is 2.89. The number of carbonyl (C=O) groups excluding carboxylic acids is 1. The maximum absolute atomic E-state index is 13.2. The number of amidine groups is 1. The zero-order valence-electron chi connectivity index (χ0n) is 15.3. The molecule has 30 heavy (non-hydrogen) atoms. The van der Waals surface area contributed by atoms with Crippen LogP contribution in [0, 0.1) is 0 Å². The predicted octanol–water partition coefficient (Wildman–Crippen LogP) is 5.51. The number of alkyl halides is 3. The second kappa shape index (κ2) is 8.19. The fourth-order valence-corrected chi connectivity index (χ4v) is 3.99. The summed E-state index contributed by atoms with van der Waals surface area (Å²) in [5.41, 5.74) is -0.0446. The Balaban J connectivity index is 1.73. The number of nitrogens with zero attached hydrogens (tertiary/aromatic N) is 3. The molecule has 1 aromatic heterocycles. The number of hydrogen-bond donors (Lipinski definition) is 0. The van der Waals surface area contributed by atoms with Crippen molar-refractivity contribution < 1.29 is 22.4 Å². The van der Waals surface area contributed by atoms with Crippen LogP contribution in [-0.4, -0.2) is 17.3 Å². The third kappa shape index (κ3) is 4.16. The first-order chi connectivity index (χ1) is 14.4. The van der Waals surface area contributed by atoms with E-state index in [0.29, 0.717) is 5.76 Å². The highest BCUT2D eigenvalue weighted by Crippen LogP contribution is 2.42. The number of benzene rings is 2. The van der Waals surface area contributed by atoms with Crippen LogP contribution in [0.2, 0.25) is 0 Å². The Bertz CT molecular complexity index is 1100. The van der Waals surface area contributed by atoms with Gasteiger partial charge in [-0.15, -0.1) is 5.10 Å². The summed E-state index contributed by atoms with van der Waals surface area (Å²) in [5.74, 6) is 0.0661. The van der Waals surface area contributed by atoms with Gasteiger partial charge in [0.25, 0.3) is 5.91 Å². The van der Waals surface area contributed by atoms with Crippen LogP contribution in [-0.2, 0) is 11.0 Å². The molecule has 0 aliphatic carbocycles. The van der Waals surface area contributed by atoms with Crippen molar-refractivity contribution >= 4 is 34.7 Å². The summed E-state index contributed by atoms with van der Waals surface area (Å²) in [7, 11) is 0. The van der Waals surface area contributed by atoms with E-state index in [0.717, 1.165) is 34.4 Å². The molecule has 4 rings (SSSR count). The summed E-state index contributed by atoms with van der Waals surface area (Å²) in [5, 5.41) is 7.56. The van der Waals surface area contributed by atoms with E-state index in [1.165, 1.54) is 24.6 Å². The molecule has 0 radical (unpaired) electrons. The molecule has 2 aromatic carbocycles. The van der Waals surface area contributed by atoms with Gasteiger partial charge in [0.05, 0.1) is 23.7 Å². The smallest absolute Gasteiger partial charge is 0.416 e. The highest BCUT2D eigenvalue weighted by Gasteiger charge is 2.41. The number of amides is 1. The number of anilines is 1. The largest absolute Gasteiger partial charge is 0.463 e. The van der Waals surface area contributed by atoms with Crippen molar-refractivity contribution in [3.8, 4) is 0 Å². The minimum absolute atomic E-state index is 0.0766. The molecule has 0 bridgehead atoms. The van der Waals surface area contributed by atoms with E-state index >= 15 is 0 Å². The lowest BCUT2D eigenvalue weighted by Gasteiger charge is -2.17. The van der Waals surface area contributed by atoms with Crippen LogP contribution in [0.4, 0.5) is 18.9 Å². The Morgan fingerprint density at radius 2 is 1.83 bits per heavy atom. The Morgan fingerprint density at radius 3 is 2.53 bits per heavy atom. The van der Waals surface area contributed by atoms with Crippen LogP contribution >= 0.6 is 11.8 Å². The van der Waals surface area contributed by atoms with Crippen LogP contribution in [0.1, 0.15) is 22.1 Å². The number of hydrogen-bond acceptors (Lipinski definition) is 5. The summed E-state index contributed by atoms with van der Waals surface area (Å²) in [6.07, 6.45) is -1.69. The van der Waals surface area contributed by atoms with E-state index in [-0.39, 0.29) is 10.9 Å². The second-order valence-corrected chi connectivity index (χ2v) is 7.35. The van der Waals surface area contributed by atoms with Gasteiger partial charge < -0.3 is 4.42 Å². The molecule has 0 N–H and O–H groups in total. The lowest BCUT2D eigenvalue weighted by atomic mass is 10.1. The number of rotatable bonds is 4. The summed E-state index contributed by atoms with van der Waals surface area (Å²) in [6, 6.07) is 16.9. The lowest BCUT2D eigenvalue weighted by molar-refractivity contribution is -0.137. The van der Waals surface area contributed by atoms with E-state index in [2.05, 4.69) is 10.2 Å². The molecule has 5 nitrogen and oxygen atoms in total. The van der Waals surface area contributed by atoms with Crippen molar-refractivity contribution in [1.29, 1.82) is 0 Å². The number of carbonyl (C=O) groups is 1. The molecular formula is C21H14F3N3O2S. The third-order valence-corrected chi connectivity index (χ3v) is 5.45. The van der Waals surface area contributed by atoms with Crippen LogP contribution < -0.4 is 4.90 Å². The number of thioether (sulfide) groups is 1. The van der Waals surface area contributed by atoms with Gasteiger partial charge in [0.2, 0.25) is 0 Å². The topological polar surface area (TPSA) is 58.2 Å². The molecule has 1 aliphatic rings. The van der Waals surface area contributed by atoms with Gasteiger partial charge in [0, 0.05) is 0 Å².